The van der Waals surface area contributed by atoms with Gasteiger partial charge in [-0.2, -0.15) is 0 Å². The van der Waals surface area contributed by atoms with Crippen LogP contribution in [0.2, 0.25) is 0 Å². The van der Waals surface area contributed by atoms with E-state index in [1.165, 1.54) is 26.6 Å². The van der Waals surface area contributed by atoms with Gasteiger partial charge in [0.2, 0.25) is 0 Å². The molecule has 5 rings (SSSR count). The van der Waals surface area contributed by atoms with Gasteiger partial charge in [-0.1, -0.05) is 88.0 Å². The number of nitrogens with zero attached hydrogens (tertiary/aromatic N) is 3. The quantitative estimate of drug-likeness (QED) is 0.228. The maximum absolute atomic E-state index is 4.81. The molecule has 3 aromatic carbocycles. The second kappa shape index (κ2) is 10.5. The Labute approximate surface area is 218 Å². The van der Waals surface area contributed by atoms with Crippen molar-refractivity contribution in [2.24, 2.45) is 0 Å². The second-order valence-electron chi connectivity index (χ2n) is 9.59. The lowest BCUT2D eigenvalue weighted by molar-refractivity contribution is 0.806. The van der Waals surface area contributed by atoms with Gasteiger partial charge < -0.3 is 0 Å². The van der Waals surface area contributed by atoms with Gasteiger partial charge in [0.25, 0.3) is 0 Å². The molecule has 0 saturated heterocycles. The molecule has 0 aliphatic heterocycles. The minimum Gasteiger partial charge on any atom is -0.299 e. The maximum atomic E-state index is 4.81. The summed E-state index contributed by atoms with van der Waals surface area (Å²) in [7, 11) is 0. The van der Waals surface area contributed by atoms with Crippen LogP contribution in [-0.2, 0) is 0 Å². The van der Waals surface area contributed by atoms with Crippen molar-refractivity contribution in [2.75, 3.05) is 0 Å². The van der Waals surface area contributed by atoms with Crippen LogP contribution in [0, 0.1) is 0 Å². The van der Waals surface area contributed by atoms with Gasteiger partial charge in [0, 0.05) is 39.5 Å². The van der Waals surface area contributed by atoms with Gasteiger partial charge in [-0.25, -0.2) is 4.98 Å². The number of imidazole rings is 1. The van der Waals surface area contributed by atoms with E-state index in [0.717, 1.165) is 22.6 Å². The molecule has 4 heteroatoms. The Hall–Kier alpha value is -3.63. The number of rotatable bonds is 7. The van der Waals surface area contributed by atoms with Gasteiger partial charge >= 0.3 is 0 Å². The molecule has 0 fully saturated rings. The van der Waals surface area contributed by atoms with E-state index >= 15 is 0 Å². The summed E-state index contributed by atoms with van der Waals surface area (Å²) in [5.41, 5.74) is 7.17. The fraction of sp³-hybridized carbons (Fsp3) is 0.188. The zero-order chi connectivity index (χ0) is 25.1. The topological polar surface area (TPSA) is 30.7 Å². The van der Waals surface area contributed by atoms with E-state index in [-0.39, 0.29) is 0 Å². The van der Waals surface area contributed by atoms with Crippen LogP contribution in [0.3, 0.4) is 0 Å². The van der Waals surface area contributed by atoms with E-state index in [1.807, 2.05) is 30.6 Å². The summed E-state index contributed by atoms with van der Waals surface area (Å²) in [5.74, 6) is 1.80. The second-order valence-corrected chi connectivity index (χ2v) is 10.7. The van der Waals surface area contributed by atoms with Crippen molar-refractivity contribution in [2.45, 2.75) is 49.3 Å². The van der Waals surface area contributed by atoms with Crippen molar-refractivity contribution >= 4 is 11.8 Å². The minimum atomic E-state index is 0.419. The van der Waals surface area contributed by atoms with Crippen molar-refractivity contribution in [3.63, 3.8) is 0 Å². The normalized spacial score (nSPS) is 11.4. The summed E-state index contributed by atoms with van der Waals surface area (Å²) in [6, 6.07) is 29.9. The predicted molar refractivity (Wildman–Crippen MR) is 151 cm³/mol. The van der Waals surface area contributed by atoms with E-state index in [0.29, 0.717) is 11.8 Å². The fourth-order valence-electron chi connectivity index (χ4n) is 4.57. The standard InChI is InChI=1S/C32H31N3S/c1-22(2)28-14-9-15-29(23(3)4)31(28)35-19-18-34-32(35)25-11-8-13-27(21-25)36-26-12-7-10-24(20-26)30-16-5-6-17-33-30/h5-23H,1-4H3. The Morgan fingerprint density at radius 1 is 0.639 bits per heavy atom. The highest BCUT2D eigenvalue weighted by molar-refractivity contribution is 7.99. The highest BCUT2D eigenvalue weighted by atomic mass is 32.2. The number of hydrogen-bond acceptors (Lipinski definition) is 3. The number of pyridine rings is 1. The molecule has 0 aliphatic rings. The molecule has 3 nitrogen and oxygen atoms in total. The summed E-state index contributed by atoms with van der Waals surface area (Å²) < 4.78 is 2.27. The molecule has 0 aliphatic carbocycles. The molecule has 0 saturated carbocycles. The average Bonchev–Trinajstić information content (AvgIpc) is 3.39. The van der Waals surface area contributed by atoms with E-state index in [4.69, 9.17) is 4.98 Å². The molecule has 2 heterocycles. The molecular weight excluding hydrogens is 458 g/mol. The van der Waals surface area contributed by atoms with E-state index in [2.05, 4.69) is 110 Å². The summed E-state index contributed by atoms with van der Waals surface area (Å²) in [4.78, 5) is 11.7. The van der Waals surface area contributed by atoms with Crippen molar-refractivity contribution in [1.82, 2.24) is 14.5 Å². The molecule has 0 spiro atoms. The van der Waals surface area contributed by atoms with E-state index in [9.17, 15) is 0 Å². The molecule has 180 valence electrons. The number of para-hydroxylation sites is 1. The Bertz CT molecular complexity index is 1440. The van der Waals surface area contributed by atoms with Gasteiger partial charge in [0.1, 0.15) is 5.82 Å². The average molecular weight is 490 g/mol. The van der Waals surface area contributed by atoms with Crippen LogP contribution in [0.15, 0.2) is 113 Å². The molecule has 36 heavy (non-hydrogen) atoms. The SMILES string of the molecule is CC(C)c1cccc(C(C)C)c1-n1ccnc1-c1cccc(Sc2cccc(-c3ccccn3)c2)c1. The smallest absolute Gasteiger partial charge is 0.144 e. The maximum Gasteiger partial charge on any atom is 0.144 e. The van der Waals surface area contributed by atoms with Crippen LogP contribution >= 0.6 is 11.8 Å². The van der Waals surface area contributed by atoms with Gasteiger partial charge in [-0.05, 0) is 59.4 Å². The third-order valence-corrected chi connectivity index (χ3v) is 7.33. The van der Waals surface area contributed by atoms with Crippen LogP contribution < -0.4 is 0 Å². The van der Waals surface area contributed by atoms with Gasteiger partial charge in [0.15, 0.2) is 0 Å². The predicted octanol–water partition coefficient (Wildman–Crippen LogP) is 9.00. The lowest BCUT2D eigenvalue weighted by Crippen LogP contribution is -2.07. The first-order chi connectivity index (χ1) is 17.5. The minimum absolute atomic E-state index is 0.419. The molecule has 0 N–H and O–H groups in total. The van der Waals surface area contributed by atoms with Crippen LogP contribution in [0.4, 0.5) is 0 Å². The summed E-state index contributed by atoms with van der Waals surface area (Å²) in [6.07, 6.45) is 5.84. The molecule has 0 unspecified atom stereocenters. The molecule has 2 aromatic heterocycles. The number of benzene rings is 3. The van der Waals surface area contributed by atoms with Crippen molar-refractivity contribution < 1.29 is 0 Å². The zero-order valence-corrected chi connectivity index (χ0v) is 22.0. The Morgan fingerprint density at radius 3 is 1.92 bits per heavy atom. The molecular formula is C32H31N3S. The van der Waals surface area contributed by atoms with Gasteiger partial charge in [0.05, 0.1) is 11.4 Å². The van der Waals surface area contributed by atoms with Gasteiger partial charge in [-0.3, -0.25) is 9.55 Å². The molecule has 0 atom stereocenters. The van der Waals surface area contributed by atoms with Crippen LogP contribution in [0.25, 0.3) is 28.3 Å². The Morgan fingerprint density at radius 2 is 1.28 bits per heavy atom. The van der Waals surface area contributed by atoms with Crippen molar-refractivity contribution in [1.29, 1.82) is 0 Å². The zero-order valence-electron chi connectivity index (χ0n) is 21.2. The van der Waals surface area contributed by atoms with E-state index in [1.54, 1.807) is 11.8 Å². The lowest BCUT2D eigenvalue weighted by Gasteiger charge is -2.22. The molecule has 0 bridgehead atoms. The van der Waals surface area contributed by atoms with E-state index < -0.39 is 0 Å². The van der Waals surface area contributed by atoms with Crippen molar-refractivity contribution in [3.05, 3.63) is 115 Å². The summed E-state index contributed by atoms with van der Waals surface area (Å²) >= 11 is 1.76. The van der Waals surface area contributed by atoms with Crippen LogP contribution in [-0.4, -0.2) is 14.5 Å². The summed E-state index contributed by atoms with van der Waals surface area (Å²) in [6.45, 7) is 9.04. The Balaban J connectivity index is 1.51. The first-order valence-corrected chi connectivity index (χ1v) is 13.3. The first-order valence-electron chi connectivity index (χ1n) is 12.5. The third kappa shape index (κ3) is 5.00. The number of aromatic nitrogens is 3. The third-order valence-electron chi connectivity index (χ3n) is 6.35. The highest BCUT2D eigenvalue weighted by Crippen LogP contribution is 2.36. The number of hydrogen-bond donors (Lipinski definition) is 0. The van der Waals surface area contributed by atoms with Gasteiger partial charge in [-0.15, -0.1) is 0 Å². The molecule has 0 radical (unpaired) electrons. The molecule has 0 amide bonds. The summed E-state index contributed by atoms with van der Waals surface area (Å²) in [5, 5.41) is 0. The highest BCUT2D eigenvalue weighted by Gasteiger charge is 2.18. The first kappa shape index (κ1) is 24.1. The largest absolute Gasteiger partial charge is 0.299 e. The lowest BCUT2D eigenvalue weighted by atomic mass is 9.92. The monoisotopic (exact) mass is 489 g/mol. The van der Waals surface area contributed by atoms with Crippen molar-refractivity contribution in [3.8, 4) is 28.3 Å². The Kier molecular flexibility index (Phi) is 7.06. The molecule has 5 aromatic rings. The van der Waals surface area contributed by atoms with Crippen LogP contribution in [0.1, 0.15) is 50.7 Å². The fourth-order valence-corrected chi connectivity index (χ4v) is 5.51. The van der Waals surface area contributed by atoms with Crippen LogP contribution in [0.5, 0.6) is 0 Å².